The van der Waals surface area contributed by atoms with Crippen molar-refractivity contribution in [1.82, 2.24) is 5.32 Å². The van der Waals surface area contributed by atoms with Gasteiger partial charge in [0.15, 0.2) is 0 Å². The predicted octanol–water partition coefficient (Wildman–Crippen LogP) is 1.53. The number of nitrogens with one attached hydrogen (secondary N) is 1. The molecule has 1 N–H and O–H groups in total. The highest BCUT2D eigenvalue weighted by molar-refractivity contribution is 6.27. The summed E-state index contributed by atoms with van der Waals surface area (Å²) in [6.45, 7) is 0.998. The lowest BCUT2D eigenvalue weighted by atomic mass is 10.1. The van der Waals surface area contributed by atoms with Gasteiger partial charge in [0, 0.05) is 6.54 Å². The van der Waals surface area contributed by atoms with Gasteiger partial charge >= 0.3 is 5.97 Å². The molecule has 1 amide bonds. The zero-order chi connectivity index (χ0) is 14.8. The largest absolute Gasteiger partial charge is 0.494 e. The summed E-state index contributed by atoms with van der Waals surface area (Å²) < 4.78 is 10.2. The molecule has 0 saturated carbocycles. The van der Waals surface area contributed by atoms with Gasteiger partial charge in [-0.1, -0.05) is 12.1 Å². The maximum absolute atomic E-state index is 11.2. The number of carbonyl (C=O) groups excluding carboxylic acids is 2. The second-order valence-electron chi connectivity index (χ2n) is 4.09. The third-order valence-corrected chi connectivity index (χ3v) is 2.75. The lowest BCUT2D eigenvalue weighted by molar-refractivity contribution is -0.139. The molecule has 0 unspecified atom stereocenters. The van der Waals surface area contributed by atoms with E-state index in [2.05, 4.69) is 10.1 Å². The second-order valence-corrected chi connectivity index (χ2v) is 4.35. The van der Waals surface area contributed by atoms with E-state index in [4.69, 9.17) is 16.3 Å². The maximum atomic E-state index is 11.2. The van der Waals surface area contributed by atoms with E-state index in [1.54, 1.807) is 6.07 Å². The summed E-state index contributed by atoms with van der Waals surface area (Å²) in [6, 6.07) is 7.28. The molecule has 6 heteroatoms. The van der Waals surface area contributed by atoms with Gasteiger partial charge in [0.1, 0.15) is 11.6 Å². The van der Waals surface area contributed by atoms with E-state index in [0.717, 1.165) is 5.56 Å². The Hall–Kier alpha value is -1.75. The van der Waals surface area contributed by atoms with Crippen LogP contribution < -0.4 is 10.1 Å². The molecule has 110 valence electrons. The van der Waals surface area contributed by atoms with Crippen molar-refractivity contribution in [3.8, 4) is 5.75 Å². The van der Waals surface area contributed by atoms with Crippen molar-refractivity contribution in [3.63, 3.8) is 0 Å². The summed E-state index contributed by atoms with van der Waals surface area (Å²) >= 11 is 5.35. The average Bonchev–Trinajstić information content (AvgIpc) is 2.46. The van der Waals surface area contributed by atoms with Crippen molar-refractivity contribution in [3.05, 3.63) is 29.8 Å². The van der Waals surface area contributed by atoms with Gasteiger partial charge in [-0.2, -0.15) is 0 Å². The SMILES string of the molecule is COC(=O)Cc1cccc(OCCCNC(=O)CCl)c1. The Bertz CT molecular complexity index is 451. The number of alkyl halides is 1. The van der Waals surface area contributed by atoms with Crippen LogP contribution in [0.2, 0.25) is 0 Å². The summed E-state index contributed by atoms with van der Waals surface area (Å²) in [5.74, 6) is 0.184. The van der Waals surface area contributed by atoms with Crippen LogP contribution >= 0.6 is 11.6 Å². The highest BCUT2D eigenvalue weighted by Gasteiger charge is 2.04. The Morgan fingerprint density at radius 2 is 2.15 bits per heavy atom. The Morgan fingerprint density at radius 1 is 1.35 bits per heavy atom. The van der Waals surface area contributed by atoms with Crippen molar-refractivity contribution in [2.24, 2.45) is 0 Å². The highest BCUT2D eigenvalue weighted by Crippen LogP contribution is 2.14. The minimum Gasteiger partial charge on any atom is -0.494 e. The number of esters is 1. The van der Waals surface area contributed by atoms with Gasteiger partial charge in [-0.15, -0.1) is 11.6 Å². The summed E-state index contributed by atoms with van der Waals surface area (Å²) in [5.41, 5.74) is 0.838. The number of halogens is 1. The van der Waals surface area contributed by atoms with Crippen LogP contribution in [0, 0.1) is 0 Å². The molecule has 0 bridgehead atoms. The molecular weight excluding hydrogens is 282 g/mol. The Morgan fingerprint density at radius 3 is 2.85 bits per heavy atom. The summed E-state index contributed by atoms with van der Waals surface area (Å²) in [4.78, 5) is 22.1. The average molecular weight is 300 g/mol. The first kappa shape index (κ1) is 16.3. The van der Waals surface area contributed by atoms with Crippen molar-refractivity contribution < 1.29 is 19.1 Å². The van der Waals surface area contributed by atoms with Crippen molar-refractivity contribution in [2.45, 2.75) is 12.8 Å². The first-order chi connectivity index (χ1) is 9.65. The quantitative estimate of drug-likeness (QED) is 0.449. The molecule has 0 aliphatic rings. The van der Waals surface area contributed by atoms with Gasteiger partial charge in [-0.3, -0.25) is 9.59 Å². The van der Waals surface area contributed by atoms with Crippen LogP contribution in [0.25, 0.3) is 0 Å². The van der Waals surface area contributed by atoms with E-state index in [1.165, 1.54) is 7.11 Å². The van der Waals surface area contributed by atoms with Crippen LogP contribution in [0.5, 0.6) is 5.75 Å². The molecule has 1 aromatic carbocycles. The number of amides is 1. The number of ether oxygens (including phenoxy) is 2. The molecule has 0 aliphatic carbocycles. The topological polar surface area (TPSA) is 64.6 Å². The number of methoxy groups -OCH3 is 1. The first-order valence-electron chi connectivity index (χ1n) is 6.27. The van der Waals surface area contributed by atoms with Gasteiger partial charge in [0.05, 0.1) is 20.1 Å². The molecule has 5 nitrogen and oxygen atoms in total. The number of hydrogen-bond acceptors (Lipinski definition) is 4. The van der Waals surface area contributed by atoms with Crippen molar-refractivity contribution in [1.29, 1.82) is 0 Å². The van der Waals surface area contributed by atoms with Crippen molar-refractivity contribution >= 4 is 23.5 Å². The molecule has 0 fully saturated rings. The molecule has 0 spiro atoms. The molecule has 1 rings (SSSR count). The molecular formula is C14H18ClNO4. The minimum atomic E-state index is -0.286. The van der Waals surface area contributed by atoms with E-state index >= 15 is 0 Å². The van der Waals surface area contributed by atoms with Crippen LogP contribution in [0.1, 0.15) is 12.0 Å². The van der Waals surface area contributed by atoms with E-state index < -0.39 is 0 Å². The molecule has 20 heavy (non-hydrogen) atoms. The maximum Gasteiger partial charge on any atom is 0.309 e. The van der Waals surface area contributed by atoms with E-state index in [1.807, 2.05) is 18.2 Å². The number of hydrogen-bond donors (Lipinski definition) is 1. The smallest absolute Gasteiger partial charge is 0.309 e. The Labute approximate surface area is 123 Å². The summed E-state index contributed by atoms with van der Waals surface area (Å²) in [6.07, 6.45) is 0.906. The van der Waals surface area contributed by atoms with Crippen LogP contribution in [-0.2, 0) is 20.7 Å². The molecule has 0 heterocycles. The zero-order valence-corrected chi connectivity index (χ0v) is 12.1. The summed E-state index contributed by atoms with van der Waals surface area (Å²) in [5, 5.41) is 2.65. The molecule has 0 saturated heterocycles. The zero-order valence-electron chi connectivity index (χ0n) is 11.4. The third-order valence-electron chi connectivity index (χ3n) is 2.51. The molecule has 0 aliphatic heterocycles. The van der Waals surface area contributed by atoms with E-state index in [9.17, 15) is 9.59 Å². The van der Waals surface area contributed by atoms with Gasteiger partial charge in [0.25, 0.3) is 0 Å². The Balaban J connectivity index is 2.31. The van der Waals surface area contributed by atoms with E-state index in [0.29, 0.717) is 25.3 Å². The lowest BCUT2D eigenvalue weighted by Crippen LogP contribution is -2.26. The molecule has 0 aromatic heterocycles. The fourth-order valence-corrected chi connectivity index (χ4v) is 1.62. The van der Waals surface area contributed by atoms with Crippen LogP contribution in [0.15, 0.2) is 24.3 Å². The lowest BCUT2D eigenvalue weighted by Gasteiger charge is -2.08. The van der Waals surface area contributed by atoms with Crippen LogP contribution in [0.4, 0.5) is 0 Å². The number of benzene rings is 1. The Kier molecular flexibility index (Phi) is 7.50. The second kappa shape index (κ2) is 9.20. The molecule has 1 aromatic rings. The third kappa shape index (κ3) is 6.43. The number of rotatable bonds is 8. The minimum absolute atomic E-state index is 0.0313. The van der Waals surface area contributed by atoms with Crippen molar-refractivity contribution in [2.75, 3.05) is 26.1 Å². The highest BCUT2D eigenvalue weighted by atomic mass is 35.5. The van der Waals surface area contributed by atoms with Gasteiger partial charge < -0.3 is 14.8 Å². The fourth-order valence-electron chi connectivity index (χ4n) is 1.52. The molecule has 0 radical (unpaired) electrons. The van der Waals surface area contributed by atoms with E-state index in [-0.39, 0.29) is 24.2 Å². The van der Waals surface area contributed by atoms with Crippen LogP contribution in [-0.4, -0.2) is 38.0 Å². The standard InChI is InChI=1S/C14H18ClNO4/c1-19-14(18)9-11-4-2-5-12(8-11)20-7-3-6-16-13(17)10-15/h2,4-5,8H,3,6-7,9-10H2,1H3,(H,16,17). The normalized spacial score (nSPS) is 9.90. The van der Waals surface area contributed by atoms with Crippen LogP contribution in [0.3, 0.4) is 0 Å². The van der Waals surface area contributed by atoms with Gasteiger partial charge in [-0.25, -0.2) is 0 Å². The predicted molar refractivity (Wildman–Crippen MR) is 76.0 cm³/mol. The summed E-state index contributed by atoms with van der Waals surface area (Å²) in [7, 11) is 1.36. The number of carbonyl (C=O) groups is 2. The van der Waals surface area contributed by atoms with Gasteiger partial charge in [0.2, 0.25) is 5.91 Å². The fraction of sp³-hybridized carbons (Fsp3) is 0.429. The molecule has 0 atom stereocenters. The monoisotopic (exact) mass is 299 g/mol. The van der Waals surface area contributed by atoms with Gasteiger partial charge in [-0.05, 0) is 24.1 Å². The first-order valence-corrected chi connectivity index (χ1v) is 6.80.